The van der Waals surface area contributed by atoms with E-state index in [2.05, 4.69) is 15.7 Å². The van der Waals surface area contributed by atoms with E-state index in [9.17, 15) is 0 Å². The monoisotopic (exact) mass is 213 g/mol. The molecule has 1 aromatic heterocycles. The van der Waals surface area contributed by atoms with Crippen molar-refractivity contribution in [2.24, 2.45) is 5.73 Å². The summed E-state index contributed by atoms with van der Waals surface area (Å²) in [5, 5.41) is 6.60. The Hall–Kier alpha value is -0.450. The molecule has 1 aromatic rings. The zero-order chi connectivity index (χ0) is 10.4. The molecule has 14 heavy (non-hydrogen) atoms. The van der Waals surface area contributed by atoms with Crippen molar-refractivity contribution in [1.82, 2.24) is 10.3 Å². The number of nitrogens with two attached hydrogens (primary N) is 1. The molecule has 0 aromatic carbocycles. The van der Waals surface area contributed by atoms with Crippen LogP contribution in [-0.4, -0.2) is 17.6 Å². The highest BCUT2D eigenvalue weighted by atomic mass is 32.1. The highest BCUT2D eigenvalue weighted by molar-refractivity contribution is 7.09. The smallest absolute Gasteiger partial charge is 0.0897 e. The molecule has 0 aliphatic carbocycles. The lowest BCUT2D eigenvalue weighted by molar-refractivity contribution is 0.572. The molecule has 1 unspecified atom stereocenters. The Kier molecular flexibility index (Phi) is 5.07. The van der Waals surface area contributed by atoms with Gasteiger partial charge in [0.25, 0.3) is 0 Å². The summed E-state index contributed by atoms with van der Waals surface area (Å²) in [7, 11) is 0. The van der Waals surface area contributed by atoms with Gasteiger partial charge in [0.1, 0.15) is 0 Å². The zero-order valence-electron chi connectivity index (χ0n) is 8.92. The summed E-state index contributed by atoms with van der Waals surface area (Å²) in [6.07, 6.45) is 2.23. The van der Waals surface area contributed by atoms with Gasteiger partial charge in [-0.05, 0) is 33.2 Å². The molecule has 3 N–H and O–H groups in total. The van der Waals surface area contributed by atoms with Crippen molar-refractivity contribution in [3.63, 3.8) is 0 Å². The number of hydrogen-bond acceptors (Lipinski definition) is 4. The Balaban J connectivity index is 2.04. The fourth-order valence-corrected chi connectivity index (χ4v) is 1.87. The predicted octanol–water partition coefficient (Wildman–Crippen LogP) is 1.67. The first-order valence-electron chi connectivity index (χ1n) is 5.06. The summed E-state index contributed by atoms with van der Waals surface area (Å²) >= 11 is 1.70. The van der Waals surface area contributed by atoms with Gasteiger partial charge in [-0.15, -0.1) is 11.3 Å². The Morgan fingerprint density at radius 1 is 1.64 bits per heavy atom. The molecule has 0 aliphatic heterocycles. The minimum Gasteiger partial charge on any atom is -0.328 e. The molecule has 0 spiro atoms. The number of hydrogen-bond donors (Lipinski definition) is 2. The minimum absolute atomic E-state index is 0.318. The van der Waals surface area contributed by atoms with E-state index in [0.717, 1.165) is 36.6 Å². The van der Waals surface area contributed by atoms with Crippen molar-refractivity contribution in [1.29, 1.82) is 0 Å². The van der Waals surface area contributed by atoms with E-state index < -0.39 is 0 Å². The molecule has 0 amide bonds. The van der Waals surface area contributed by atoms with Crippen LogP contribution in [0.5, 0.6) is 0 Å². The molecule has 0 radical (unpaired) electrons. The largest absolute Gasteiger partial charge is 0.328 e. The molecule has 1 heterocycles. The van der Waals surface area contributed by atoms with Gasteiger partial charge in [-0.2, -0.15) is 0 Å². The summed E-state index contributed by atoms with van der Waals surface area (Å²) in [4.78, 5) is 4.37. The third-order valence-corrected chi connectivity index (χ3v) is 2.81. The summed E-state index contributed by atoms with van der Waals surface area (Å²) in [5.74, 6) is 0. The van der Waals surface area contributed by atoms with Crippen LogP contribution < -0.4 is 11.1 Å². The number of nitrogens with one attached hydrogen (secondary N) is 1. The van der Waals surface area contributed by atoms with Gasteiger partial charge in [-0.25, -0.2) is 4.98 Å². The maximum atomic E-state index is 5.65. The average Bonchev–Trinajstić information content (AvgIpc) is 2.50. The lowest BCUT2D eigenvalue weighted by atomic mass is 10.2. The van der Waals surface area contributed by atoms with Crippen LogP contribution in [0.4, 0.5) is 0 Å². The zero-order valence-corrected chi connectivity index (χ0v) is 9.73. The second kappa shape index (κ2) is 6.11. The fourth-order valence-electron chi connectivity index (χ4n) is 1.25. The molecular formula is C10H19N3S. The van der Waals surface area contributed by atoms with Crippen molar-refractivity contribution < 1.29 is 0 Å². The van der Waals surface area contributed by atoms with Crippen LogP contribution in [0.3, 0.4) is 0 Å². The van der Waals surface area contributed by atoms with Crippen molar-refractivity contribution in [2.75, 3.05) is 6.54 Å². The molecule has 0 saturated heterocycles. The standard InChI is InChI=1S/C10H19N3S/c1-8(11)4-3-5-12-6-10-7-14-9(2)13-10/h7-8,12H,3-6,11H2,1-2H3. The van der Waals surface area contributed by atoms with E-state index in [-0.39, 0.29) is 0 Å². The van der Waals surface area contributed by atoms with E-state index in [1.165, 1.54) is 0 Å². The highest BCUT2D eigenvalue weighted by Crippen LogP contribution is 2.07. The minimum atomic E-state index is 0.318. The lowest BCUT2D eigenvalue weighted by Crippen LogP contribution is -2.19. The van der Waals surface area contributed by atoms with Crippen molar-refractivity contribution in [2.45, 2.75) is 39.3 Å². The number of rotatable bonds is 6. The Bertz CT molecular complexity index is 258. The molecule has 1 rings (SSSR count). The maximum Gasteiger partial charge on any atom is 0.0897 e. The van der Waals surface area contributed by atoms with E-state index in [1.807, 2.05) is 13.8 Å². The summed E-state index contributed by atoms with van der Waals surface area (Å²) < 4.78 is 0. The summed E-state index contributed by atoms with van der Waals surface area (Å²) in [6, 6.07) is 0.318. The van der Waals surface area contributed by atoms with E-state index in [4.69, 9.17) is 5.73 Å². The molecular weight excluding hydrogens is 194 g/mol. The number of thiazole rings is 1. The first kappa shape index (κ1) is 11.6. The molecule has 3 nitrogen and oxygen atoms in total. The molecule has 0 saturated carbocycles. The average molecular weight is 213 g/mol. The Morgan fingerprint density at radius 2 is 2.43 bits per heavy atom. The van der Waals surface area contributed by atoms with Crippen molar-refractivity contribution in [3.8, 4) is 0 Å². The van der Waals surface area contributed by atoms with E-state index in [0.29, 0.717) is 6.04 Å². The SMILES string of the molecule is Cc1nc(CNCCCC(C)N)cs1. The fraction of sp³-hybridized carbons (Fsp3) is 0.700. The van der Waals surface area contributed by atoms with Crippen molar-refractivity contribution in [3.05, 3.63) is 16.1 Å². The normalized spacial score (nSPS) is 13.1. The second-order valence-corrected chi connectivity index (χ2v) is 4.72. The molecule has 80 valence electrons. The topological polar surface area (TPSA) is 50.9 Å². The van der Waals surface area contributed by atoms with Crippen LogP contribution in [0.1, 0.15) is 30.5 Å². The summed E-state index contributed by atoms with van der Waals surface area (Å²) in [5.41, 5.74) is 6.80. The van der Waals surface area contributed by atoms with Crippen LogP contribution in [0.2, 0.25) is 0 Å². The first-order chi connectivity index (χ1) is 6.68. The Morgan fingerprint density at radius 3 is 3.00 bits per heavy atom. The summed E-state index contributed by atoms with van der Waals surface area (Å²) in [6.45, 7) is 5.98. The maximum absolute atomic E-state index is 5.65. The third kappa shape index (κ3) is 4.69. The van der Waals surface area contributed by atoms with E-state index >= 15 is 0 Å². The molecule has 0 aliphatic rings. The molecule has 0 fully saturated rings. The van der Waals surface area contributed by atoms with Crippen LogP contribution >= 0.6 is 11.3 Å². The molecule has 0 bridgehead atoms. The number of aryl methyl sites for hydroxylation is 1. The van der Waals surface area contributed by atoms with E-state index in [1.54, 1.807) is 11.3 Å². The van der Waals surface area contributed by atoms with Gasteiger partial charge in [-0.3, -0.25) is 0 Å². The van der Waals surface area contributed by atoms with Gasteiger partial charge >= 0.3 is 0 Å². The van der Waals surface area contributed by atoms with Gasteiger partial charge in [-0.1, -0.05) is 0 Å². The number of aromatic nitrogens is 1. The van der Waals surface area contributed by atoms with Gasteiger partial charge < -0.3 is 11.1 Å². The van der Waals surface area contributed by atoms with Crippen LogP contribution in [0.15, 0.2) is 5.38 Å². The first-order valence-corrected chi connectivity index (χ1v) is 5.93. The van der Waals surface area contributed by atoms with Crippen LogP contribution in [-0.2, 0) is 6.54 Å². The third-order valence-electron chi connectivity index (χ3n) is 1.99. The molecule has 1 atom stereocenters. The van der Waals surface area contributed by atoms with Crippen molar-refractivity contribution >= 4 is 11.3 Å². The second-order valence-electron chi connectivity index (χ2n) is 3.65. The quantitative estimate of drug-likeness (QED) is 0.707. The van der Waals surface area contributed by atoms with Crippen LogP contribution in [0.25, 0.3) is 0 Å². The van der Waals surface area contributed by atoms with Gasteiger partial charge in [0.05, 0.1) is 10.7 Å². The predicted molar refractivity (Wildman–Crippen MR) is 61.4 cm³/mol. The van der Waals surface area contributed by atoms with Gasteiger partial charge in [0.15, 0.2) is 0 Å². The van der Waals surface area contributed by atoms with Gasteiger partial charge in [0.2, 0.25) is 0 Å². The van der Waals surface area contributed by atoms with Gasteiger partial charge in [0, 0.05) is 18.0 Å². The Labute approximate surface area is 89.7 Å². The molecule has 4 heteroatoms. The number of nitrogens with zero attached hydrogens (tertiary/aromatic N) is 1. The lowest BCUT2D eigenvalue weighted by Gasteiger charge is -2.05. The highest BCUT2D eigenvalue weighted by Gasteiger charge is 1.97. The van der Waals surface area contributed by atoms with Crippen LogP contribution in [0, 0.1) is 6.92 Å².